The van der Waals surface area contributed by atoms with Crippen molar-refractivity contribution in [2.45, 2.75) is 19.5 Å². The Morgan fingerprint density at radius 3 is 2.25 bits per heavy atom. The first-order valence-corrected chi connectivity index (χ1v) is 4.73. The van der Waals surface area contributed by atoms with Crippen molar-refractivity contribution in [3.8, 4) is 0 Å². The van der Waals surface area contributed by atoms with Crippen LogP contribution in [0.15, 0.2) is 30.3 Å². The minimum atomic E-state index is -4.30. The molecule has 1 rings (SSSR count). The van der Waals surface area contributed by atoms with Crippen molar-refractivity contribution in [2.24, 2.45) is 0 Å². The lowest BCUT2D eigenvalue weighted by Gasteiger charge is -2.05. The number of halogens is 3. The predicted molar refractivity (Wildman–Crippen MR) is 55.8 cm³/mol. The quantitative estimate of drug-likeness (QED) is 0.770. The lowest BCUT2D eigenvalue weighted by molar-refractivity contribution is -0.137. The van der Waals surface area contributed by atoms with Gasteiger partial charge < -0.3 is 0 Å². The van der Waals surface area contributed by atoms with E-state index in [1.807, 2.05) is 0 Å². The van der Waals surface area contributed by atoms with E-state index in [4.69, 9.17) is 0 Å². The van der Waals surface area contributed by atoms with Crippen LogP contribution < -0.4 is 0 Å². The summed E-state index contributed by atoms with van der Waals surface area (Å²) in [6, 6.07) is 4.79. The summed E-state index contributed by atoms with van der Waals surface area (Å²) < 4.78 is 36.6. The molecule has 0 aliphatic carbocycles. The fourth-order valence-electron chi connectivity index (χ4n) is 1.14. The Morgan fingerprint density at radius 2 is 1.81 bits per heavy atom. The van der Waals surface area contributed by atoms with Crippen LogP contribution >= 0.6 is 0 Å². The van der Waals surface area contributed by atoms with E-state index in [2.05, 4.69) is 0 Å². The Morgan fingerprint density at radius 1 is 1.25 bits per heavy atom. The molecule has 0 atom stereocenters. The van der Waals surface area contributed by atoms with E-state index >= 15 is 0 Å². The topological polar surface area (TPSA) is 17.1 Å². The first kappa shape index (κ1) is 12.5. The second-order valence-electron chi connectivity index (χ2n) is 3.43. The van der Waals surface area contributed by atoms with Gasteiger partial charge in [-0.25, -0.2) is 0 Å². The Labute approximate surface area is 91.6 Å². The van der Waals surface area contributed by atoms with Gasteiger partial charge >= 0.3 is 6.18 Å². The summed E-state index contributed by atoms with van der Waals surface area (Å²) in [5.74, 6) is 0.0168. The molecule has 4 heteroatoms. The van der Waals surface area contributed by atoms with Crippen molar-refractivity contribution < 1.29 is 18.0 Å². The normalized spacial score (nSPS) is 12.0. The minimum Gasteiger partial charge on any atom is -0.300 e. The molecule has 0 saturated carbocycles. The van der Waals surface area contributed by atoms with Crippen molar-refractivity contribution in [3.05, 3.63) is 41.5 Å². The van der Waals surface area contributed by atoms with E-state index in [-0.39, 0.29) is 5.78 Å². The molecule has 0 aromatic heterocycles. The van der Waals surface area contributed by atoms with Gasteiger partial charge in [0.15, 0.2) is 0 Å². The van der Waals surface area contributed by atoms with Crippen LogP contribution in [0.3, 0.4) is 0 Å². The van der Waals surface area contributed by atoms with Gasteiger partial charge in [-0.05, 0) is 24.6 Å². The Bertz CT molecular complexity index is 388. The zero-order valence-corrected chi connectivity index (χ0v) is 8.71. The molecular weight excluding hydrogens is 217 g/mol. The fourth-order valence-corrected chi connectivity index (χ4v) is 1.14. The number of hydrogen-bond acceptors (Lipinski definition) is 1. The summed E-state index contributed by atoms with van der Waals surface area (Å²) >= 11 is 0. The van der Waals surface area contributed by atoms with Gasteiger partial charge in [0.25, 0.3) is 0 Å². The highest BCUT2D eigenvalue weighted by atomic mass is 19.4. The number of benzene rings is 1. The Kier molecular flexibility index (Phi) is 3.88. The molecule has 1 nitrogen and oxygen atoms in total. The molecule has 1 aromatic rings. The smallest absolute Gasteiger partial charge is 0.300 e. The monoisotopic (exact) mass is 228 g/mol. The van der Waals surface area contributed by atoms with Gasteiger partial charge in [0.1, 0.15) is 5.78 Å². The standard InChI is InChI=1S/C12H11F3O/c1-9(16)3-2-4-10-5-7-11(8-6-10)12(13,14)15/h2,4-8H,3H2,1H3/b4-2+. The third kappa shape index (κ3) is 3.88. The number of Topliss-reactive ketones (excluding diaryl/α,β-unsaturated/α-hetero) is 1. The predicted octanol–water partition coefficient (Wildman–Crippen LogP) is 3.70. The molecule has 1 aromatic carbocycles. The molecule has 0 heterocycles. The summed E-state index contributed by atoms with van der Waals surface area (Å²) in [7, 11) is 0. The molecule has 0 aliphatic heterocycles. The zero-order valence-electron chi connectivity index (χ0n) is 8.71. The fraction of sp³-hybridized carbons (Fsp3) is 0.250. The van der Waals surface area contributed by atoms with Crippen LogP contribution in [-0.4, -0.2) is 5.78 Å². The summed E-state index contributed by atoms with van der Waals surface area (Å²) in [4.78, 5) is 10.6. The molecule has 0 bridgehead atoms. The number of ketones is 1. The van der Waals surface area contributed by atoms with Crippen molar-refractivity contribution in [3.63, 3.8) is 0 Å². The second kappa shape index (κ2) is 4.96. The summed E-state index contributed by atoms with van der Waals surface area (Å²) in [6.07, 6.45) is -0.755. The van der Waals surface area contributed by atoms with Crippen molar-refractivity contribution in [1.82, 2.24) is 0 Å². The van der Waals surface area contributed by atoms with E-state index in [1.54, 1.807) is 12.2 Å². The molecule has 86 valence electrons. The van der Waals surface area contributed by atoms with Crippen LogP contribution in [0, 0.1) is 0 Å². The first-order valence-electron chi connectivity index (χ1n) is 4.73. The molecule has 0 amide bonds. The molecule has 16 heavy (non-hydrogen) atoms. The number of carbonyl (C=O) groups is 1. The van der Waals surface area contributed by atoms with Crippen molar-refractivity contribution >= 4 is 11.9 Å². The highest BCUT2D eigenvalue weighted by Crippen LogP contribution is 2.29. The van der Waals surface area contributed by atoms with Gasteiger partial charge in [-0.3, -0.25) is 4.79 Å². The van der Waals surface area contributed by atoms with Gasteiger partial charge in [0, 0.05) is 6.42 Å². The Balaban J connectivity index is 2.72. The van der Waals surface area contributed by atoms with Gasteiger partial charge in [-0.1, -0.05) is 24.3 Å². The lowest BCUT2D eigenvalue weighted by atomic mass is 10.1. The first-order chi connectivity index (χ1) is 7.39. The largest absolute Gasteiger partial charge is 0.416 e. The van der Waals surface area contributed by atoms with Gasteiger partial charge in [0.2, 0.25) is 0 Å². The third-order valence-corrected chi connectivity index (χ3v) is 1.95. The maximum atomic E-state index is 12.2. The molecule has 0 aliphatic rings. The minimum absolute atomic E-state index is 0.0168. The molecule has 0 N–H and O–H groups in total. The zero-order chi connectivity index (χ0) is 12.2. The van der Waals surface area contributed by atoms with Gasteiger partial charge in [-0.15, -0.1) is 0 Å². The number of carbonyl (C=O) groups excluding carboxylic acids is 1. The maximum Gasteiger partial charge on any atom is 0.416 e. The molecule has 0 spiro atoms. The second-order valence-corrected chi connectivity index (χ2v) is 3.43. The van der Waals surface area contributed by atoms with Gasteiger partial charge in [-0.2, -0.15) is 13.2 Å². The van der Waals surface area contributed by atoms with E-state index in [1.165, 1.54) is 19.1 Å². The summed E-state index contributed by atoms with van der Waals surface area (Å²) in [6.45, 7) is 1.46. The molecule has 0 fully saturated rings. The highest BCUT2D eigenvalue weighted by Gasteiger charge is 2.29. The average molecular weight is 228 g/mol. The molecule has 0 saturated heterocycles. The van der Waals surface area contributed by atoms with Crippen molar-refractivity contribution in [2.75, 3.05) is 0 Å². The van der Waals surface area contributed by atoms with Crippen LogP contribution in [0.2, 0.25) is 0 Å². The average Bonchev–Trinajstić information content (AvgIpc) is 2.16. The van der Waals surface area contributed by atoms with E-state index in [9.17, 15) is 18.0 Å². The molecule has 0 radical (unpaired) electrons. The van der Waals surface area contributed by atoms with Gasteiger partial charge in [0.05, 0.1) is 5.56 Å². The van der Waals surface area contributed by atoms with E-state index in [0.717, 1.165) is 12.1 Å². The summed E-state index contributed by atoms with van der Waals surface area (Å²) in [5.41, 5.74) is -0.0227. The van der Waals surface area contributed by atoms with Crippen LogP contribution in [0.25, 0.3) is 6.08 Å². The van der Waals surface area contributed by atoms with E-state index in [0.29, 0.717) is 12.0 Å². The third-order valence-electron chi connectivity index (χ3n) is 1.95. The number of rotatable bonds is 3. The van der Waals surface area contributed by atoms with Crippen molar-refractivity contribution in [1.29, 1.82) is 0 Å². The lowest BCUT2D eigenvalue weighted by Crippen LogP contribution is -2.03. The van der Waals surface area contributed by atoms with Crippen LogP contribution in [0.1, 0.15) is 24.5 Å². The van der Waals surface area contributed by atoms with Crippen LogP contribution in [-0.2, 0) is 11.0 Å². The maximum absolute atomic E-state index is 12.2. The SMILES string of the molecule is CC(=O)C/C=C/c1ccc(C(F)(F)F)cc1. The number of alkyl halides is 3. The highest BCUT2D eigenvalue weighted by molar-refractivity contribution is 5.78. The van der Waals surface area contributed by atoms with Crippen LogP contribution in [0.5, 0.6) is 0 Å². The van der Waals surface area contributed by atoms with Crippen LogP contribution in [0.4, 0.5) is 13.2 Å². The molecule has 0 unspecified atom stereocenters. The number of allylic oxidation sites excluding steroid dienone is 1. The number of hydrogen-bond donors (Lipinski definition) is 0. The summed E-state index contributed by atoms with van der Waals surface area (Å²) in [5, 5.41) is 0. The molecular formula is C12H11F3O. The van der Waals surface area contributed by atoms with E-state index < -0.39 is 11.7 Å². The Hall–Kier alpha value is -1.58.